The van der Waals surface area contributed by atoms with Crippen molar-refractivity contribution in [3.05, 3.63) is 39.7 Å². The molecular formula is C18H24N6O3. The van der Waals surface area contributed by atoms with Crippen molar-refractivity contribution in [2.24, 2.45) is 0 Å². The Labute approximate surface area is 156 Å². The minimum atomic E-state index is -0.529. The fourth-order valence-electron chi connectivity index (χ4n) is 3.82. The molecule has 2 saturated heterocycles. The van der Waals surface area contributed by atoms with E-state index in [4.69, 9.17) is 4.42 Å². The molecule has 2 aromatic rings. The van der Waals surface area contributed by atoms with Gasteiger partial charge >= 0.3 is 5.63 Å². The van der Waals surface area contributed by atoms with Crippen LogP contribution in [0.1, 0.15) is 40.4 Å². The maximum absolute atomic E-state index is 12.9. The Morgan fingerprint density at radius 3 is 2.74 bits per heavy atom. The van der Waals surface area contributed by atoms with Crippen molar-refractivity contribution in [2.75, 3.05) is 44.2 Å². The highest BCUT2D eigenvalue weighted by Gasteiger charge is 2.28. The van der Waals surface area contributed by atoms with E-state index in [2.05, 4.69) is 20.5 Å². The van der Waals surface area contributed by atoms with E-state index >= 15 is 0 Å². The molecule has 9 heteroatoms. The lowest BCUT2D eigenvalue weighted by atomic mass is 9.95. The van der Waals surface area contributed by atoms with Crippen LogP contribution in [-0.4, -0.2) is 65.3 Å². The zero-order chi connectivity index (χ0) is 18.8. The molecule has 1 atom stereocenters. The van der Waals surface area contributed by atoms with E-state index in [1.54, 1.807) is 4.90 Å². The Kier molecular flexibility index (Phi) is 4.93. The van der Waals surface area contributed by atoms with Crippen LogP contribution in [0.5, 0.6) is 0 Å². The number of aromatic nitrogens is 3. The normalized spacial score (nSPS) is 20.7. The van der Waals surface area contributed by atoms with Gasteiger partial charge in [-0.1, -0.05) is 0 Å². The SMILES string of the molecule is Cc1cc(C2CCCNC2)oc(=O)c1C(=O)N1CCN(c2ncn[nH]2)CC1. The van der Waals surface area contributed by atoms with Gasteiger partial charge in [-0.25, -0.2) is 9.89 Å². The molecule has 0 bridgehead atoms. The molecule has 0 aliphatic carbocycles. The van der Waals surface area contributed by atoms with Gasteiger partial charge in [0, 0.05) is 38.6 Å². The summed E-state index contributed by atoms with van der Waals surface area (Å²) in [5.74, 6) is 1.31. The Balaban J connectivity index is 1.48. The van der Waals surface area contributed by atoms with Crippen LogP contribution in [-0.2, 0) is 0 Å². The number of amides is 1. The lowest BCUT2D eigenvalue weighted by Crippen LogP contribution is -2.50. The van der Waals surface area contributed by atoms with Crippen LogP contribution in [0.3, 0.4) is 0 Å². The van der Waals surface area contributed by atoms with Gasteiger partial charge in [0.15, 0.2) is 0 Å². The number of carbonyl (C=O) groups excluding carboxylic acids is 1. The van der Waals surface area contributed by atoms with E-state index in [-0.39, 0.29) is 17.4 Å². The van der Waals surface area contributed by atoms with Gasteiger partial charge in [-0.15, -0.1) is 0 Å². The molecule has 0 aromatic carbocycles. The minimum Gasteiger partial charge on any atom is -0.427 e. The number of hydrogen-bond donors (Lipinski definition) is 2. The van der Waals surface area contributed by atoms with Crippen molar-refractivity contribution in [1.29, 1.82) is 0 Å². The third kappa shape index (κ3) is 3.59. The van der Waals surface area contributed by atoms with Crippen molar-refractivity contribution in [3.8, 4) is 0 Å². The topological polar surface area (TPSA) is 107 Å². The van der Waals surface area contributed by atoms with Gasteiger partial charge in [0.25, 0.3) is 5.91 Å². The summed E-state index contributed by atoms with van der Waals surface area (Å²) in [4.78, 5) is 33.4. The molecule has 2 aliphatic rings. The van der Waals surface area contributed by atoms with Gasteiger partial charge in [-0.2, -0.15) is 10.1 Å². The summed E-state index contributed by atoms with van der Waals surface area (Å²) in [6.07, 6.45) is 3.51. The van der Waals surface area contributed by atoms with E-state index in [1.165, 1.54) is 6.33 Å². The van der Waals surface area contributed by atoms with Gasteiger partial charge in [-0.05, 0) is 37.9 Å². The van der Waals surface area contributed by atoms with Crippen LogP contribution in [0.25, 0.3) is 0 Å². The lowest BCUT2D eigenvalue weighted by Gasteiger charge is -2.34. The summed E-state index contributed by atoms with van der Waals surface area (Å²) in [7, 11) is 0. The van der Waals surface area contributed by atoms with Gasteiger partial charge in [-0.3, -0.25) is 4.79 Å². The molecule has 2 N–H and O–H groups in total. The number of anilines is 1. The number of H-pyrrole nitrogens is 1. The first-order valence-electron chi connectivity index (χ1n) is 9.38. The molecule has 0 radical (unpaired) electrons. The van der Waals surface area contributed by atoms with Crippen LogP contribution in [0, 0.1) is 6.92 Å². The first-order valence-corrected chi connectivity index (χ1v) is 9.38. The molecule has 1 unspecified atom stereocenters. The maximum Gasteiger partial charge on any atom is 0.349 e. The van der Waals surface area contributed by atoms with Crippen LogP contribution < -0.4 is 15.8 Å². The highest BCUT2D eigenvalue weighted by atomic mass is 16.4. The first-order chi connectivity index (χ1) is 13.1. The lowest BCUT2D eigenvalue weighted by molar-refractivity contribution is 0.0740. The Morgan fingerprint density at radius 1 is 1.30 bits per heavy atom. The highest BCUT2D eigenvalue weighted by molar-refractivity contribution is 5.95. The average Bonchev–Trinajstić information content (AvgIpc) is 3.23. The second-order valence-electron chi connectivity index (χ2n) is 7.13. The first kappa shape index (κ1) is 17.7. The van der Waals surface area contributed by atoms with Crippen molar-refractivity contribution in [3.63, 3.8) is 0 Å². The molecule has 9 nitrogen and oxygen atoms in total. The Hall–Kier alpha value is -2.68. The second kappa shape index (κ2) is 7.51. The fraction of sp³-hybridized carbons (Fsp3) is 0.556. The predicted octanol–water partition coefficient (Wildman–Crippen LogP) is 0.496. The van der Waals surface area contributed by atoms with E-state index in [0.717, 1.165) is 25.9 Å². The molecule has 0 spiro atoms. The second-order valence-corrected chi connectivity index (χ2v) is 7.13. The monoisotopic (exact) mass is 372 g/mol. The van der Waals surface area contributed by atoms with Gasteiger partial charge in [0.1, 0.15) is 17.7 Å². The van der Waals surface area contributed by atoms with Crippen LogP contribution in [0.15, 0.2) is 21.6 Å². The van der Waals surface area contributed by atoms with Crippen LogP contribution in [0.4, 0.5) is 5.95 Å². The average molecular weight is 372 g/mol. The number of piperazine rings is 1. The quantitative estimate of drug-likeness (QED) is 0.808. The van der Waals surface area contributed by atoms with E-state index < -0.39 is 5.63 Å². The molecule has 144 valence electrons. The molecule has 0 saturated carbocycles. The Morgan fingerprint density at radius 2 is 2.11 bits per heavy atom. The molecule has 4 rings (SSSR count). The van der Waals surface area contributed by atoms with Crippen LogP contribution >= 0.6 is 0 Å². The van der Waals surface area contributed by atoms with Gasteiger partial charge < -0.3 is 19.5 Å². The smallest absolute Gasteiger partial charge is 0.349 e. The third-order valence-electron chi connectivity index (χ3n) is 5.35. The molecule has 27 heavy (non-hydrogen) atoms. The molecule has 1 amide bonds. The molecule has 2 aliphatic heterocycles. The highest BCUT2D eigenvalue weighted by Crippen LogP contribution is 2.24. The number of piperidine rings is 1. The summed E-state index contributed by atoms with van der Waals surface area (Å²) < 4.78 is 5.54. The minimum absolute atomic E-state index is 0.149. The van der Waals surface area contributed by atoms with Crippen molar-refractivity contribution in [2.45, 2.75) is 25.7 Å². The predicted molar refractivity (Wildman–Crippen MR) is 99.1 cm³/mol. The van der Waals surface area contributed by atoms with E-state index in [1.807, 2.05) is 17.9 Å². The zero-order valence-electron chi connectivity index (χ0n) is 15.4. The van der Waals surface area contributed by atoms with E-state index in [0.29, 0.717) is 43.5 Å². The summed E-state index contributed by atoms with van der Waals surface area (Å²) in [5, 5.41) is 10.0. The number of carbonyl (C=O) groups is 1. The largest absolute Gasteiger partial charge is 0.427 e. The van der Waals surface area contributed by atoms with Crippen molar-refractivity contribution < 1.29 is 9.21 Å². The van der Waals surface area contributed by atoms with Gasteiger partial charge in [0.2, 0.25) is 5.95 Å². The summed E-state index contributed by atoms with van der Waals surface area (Å²) in [6, 6.07) is 1.86. The van der Waals surface area contributed by atoms with E-state index in [9.17, 15) is 9.59 Å². The number of rotatable bonds is 3. The number of hydrogen-bond acceptors (Lipinski definition) is 7. The number of nitrogens with one attached hydrogen (secondary N) is 2. The number of aromatic amines is 1. The number of nitrogens with zero attached hydrogens (tertiary/aromatic N) is 4. The zero-order valence-corrected chi connectivity index (χ0v) is 15.4. The summed E-state index contributed by atoms with van der Waals surface area (Å²) >= 11 is 0. The van der Waals surface area contributed by atoms with Crippen molar-refractivity contribution >= 4 is 11.9 Å². The molecular weight excluding hydrogens is 348 g/mol. The summed E-state index contributed by atoms with van der Waals surface area (Å²) in [5.41, 5.74) is 0.309. The molecule has 2 aromatic heterocycles. The maximum atomic E-state index is 12.9. The summed E-state index contributed by atoms with van der Waals surface area (Å²) in [6.45, 7) is 5.93. The fourth-order valence-corrected chi connectivity index (χ4v) is 3.82. The van der Waals surface area contributed by atoms with Crippen LogP contribution in [0.2, 0.25) is 0 Å². The number of aryl methyl sites for hydroxylation is 1. The molecule has 2 fully saturated rings. The van der Waals surface area contributed by atoms with Gasteiger partial charge in [0.05, 0.1) is 0 Å². The standard InChI is InChI=1S/C18H24N6O3/c1-12-9-14(13-3-2-4-19-10-13)27-17(26)15(12)16(25)23-5-7-24(8-6-23)18-20-11-21-22-18/h9,11,13,19H,2-8,10H2,1H3,(H,20,21,22). The molecule has 4 heterocycles. The third-order valence-corrected chi connectivity index (χ3v) is 5.35. The van der Waals surface area contributed by atoms with Crippen molar-refractivity contribution in [1.82, 2.24) is 25.4 Å². The Bertz CT molecular complexity index is 848.